The van der Waals surface area contributed by atoms with Gasteiger partial charge in [0.15, 0.2) is 0 Å². The molecule has 0 aliphatic heterocycles. The second kappa shape index (κ2) is 5.86. The molecule has 1 fully saturated rings. The molecule has 0 radical (unpaired) electrons. The summed E-state index contributed by atoms with van der Waals surface area (Å²) in [4.78, 5) is 6.08. The Hall–Kier alpha value is -1.17. The van der Waals surface area contributed by atoms with Crippen molar-refractivity contribution in [1.29, 1.82) is 0 Å². The predicted molar refractivity (Wildman–Crippen MR) is 72.0 cm³/mol. The van der Waals surface area contributed by atoms with Gasteiger partial charge in [-0.1, -0.05) is 0 Å². The Kier molecular flexibility index (Phi) is 4.39. The highest BCUT2D eigenvalue weighted by molar-refractivity contribution is 5.15. The Bertz CT molecular complexity index is 381. The maximum atomic E-state index is 9.81. The Balaban J connectivity index is 2.03. The van der Waals surface area contributed by atoms with Crippen LogP contribution in [0.5, 0.6) is 5.75 Å². The molecule has 1 unspecified atom stereocenters. The van der Waals surface area contributed by atoms with Gasteiger partial charge in [-0.15, -0.1) is 0 Å². The van der Waals surface area contributed by atoms with Gasteiger partial charge in [0, 0.05) is 18.2 Å². The monoisotopic (exact) mass is 266 g/mol. The van der Waals surface area contributed by atoms with Crippen molar-refractivity contribution in [3.8, 4) is 5.75 Å². The highest BCUT2D eigenvalue weighted by Crippen LogP contribution is 2.39. The molecule has 1 aliphatic carbocycles. The number of ether oxygens (including phenoxy) is 1. The molecule has 0 amide bonds. The van der Waals surface area contributed by atoms with Crippen LogP contribution in [0.2, 0.25) is 0 Å². The van der Waals surface area contributed by atoms with Crippen molar-refractivity contribution in [2.24, 2.45) is 5.41 Å². The molecule has 0 spiro atoms. The van der Waals surface area contributed by atoms with Crippen LogP contribution in [0, 0.1) is 5.41 Å². The first kappa shape index (κ1) is 14.2. The second-order valence-corrected chi connectivity index (χ2v) is 5.76. The Morgan fingerprint density at radius 2 is 2.05 bits per heavy atom. The molecule has 2 rings (SSSR count). The highest BCUT2D eigenvalue weighted by Gasteiger charge is 2.45. The van der Waals surface area contributed by atoms with Gasteiger partial charge in [-0.3, -0.25) is 4.98 Å². The number of rotatable bonds is 5. The minimum absolute atomic E-state index is 0.210. The summed E-state index contributed by atoms with van der Waals surface area (Å²) < 4.78 is 5.78. The van der Waals surface area contributed by atoms with Crippen LogP contribution in [0.4, 0.5) is 0 Å². The first-order valence-electron chi connectivity index (χ1n) is 6.54. The molecule has 106 valence electrons. The number of hydrogen-bond donors (Lipinski definition) is 2. The van der Waals surface area contributed by atoms with Crippen LogP contribution >= 0.6 is 0 Å². The number of nitrogens with zero attached hydrogens (tertiary/aromatic N) is 2. The van der Waals surface area contributed by atoms with Crippen molar-refractivity contribution >= 4 is 0 Å². The van der Waals surface area contributed by atoms with Crippen molar-refractivity contribution in [2.45, 2.75) is 25.0 Å². The zero-order valence-electron chi connectivity index (χ0n) is 11.5. The van der Waals surface area contributed by atoms with Crippen LogP contribution in [0.25, 0.3) is 0 Å². The Morgan fingerprint density at radius 3 is 2.58 bits per heavy atom. The molecular weight excluding hydrogens is 244 g/mol. The van der Waals surface area contributed by atoms with Gasteiger partial charge in [0.05, 0.1) is 25.0 Å². The van der Waals surface area contributed by atoms with Gasteiger partial charge < -0.3 is 19.8 Å². The molecule has 5 nitrogen and oxygen atoms in total. The first-order chi connectivity index (χ1) is 9.01. The molecule has 1 saturated carbocycles. The van der Waals surface area contributed by atoms with E-state index in [2.05, 4.69) is 9.88 Å². The van der Waals surface area contributed by atoms with E-state index >= 15 is 0 Å². The van der Waals surface area contributed by atoms with E-state index in [-0.39, 0.29) is 5.41 Å². The van der Waals surface area contributed by atoms with Crippen LogP contribution < -0.4 is 4.74 Å². The van der Waals surface area contributed by atoms with Crippen molar-refractivity contribution in [1.82, 2.24) is 9.88 Å². The molecule has 5 heteroatoms. The molecule has 3 atom stereocenters. The summed E-state index contributed by atoms with van der Waals surface area (Å²) in [5, 5.41) is 19.6. The molecule has 1 aromatic heterocycles. The van der Waals surface area contributed by atoms with Crippen LogP contribution in [0.3, 0.4) is 0 Å². The molecule has 1 aromatic rings. The van der Waals surface area contributed by atoms with E-state index in [9.17, 15) is 10.2 Å². The number of aliphatic hydroxyl groups excluding tert-OH is 2. The number of aliphatic hydroxyl groups is 2. The summed E-state index contributed by atoms with van der Waals surface area (Å²) in [5.41, 5.74) is -0.210. The lowest BCUT2D eigenvalue weighted by molar-refractivity contribution is 0.0438. The quantitative estimate of drug-likeness (QED) is 0.813. The largest absolute Gasteiger partial charge is 0.491 e. The maximum Gasteiger partial charge on any atom is 0.137 e. The topological polar surface area (TPSA) is 65.8 Å². The summed E-state index contributed by atoms with van der Waals surface area (Å²) in [5.74, 6) is 0.719. The fraction of sp³-hybridized carbons (Fsp3) is 0.643. The average Bonchev–Trinajstić information content (AvgIpc) is 2.63. The second-order valence-electron chi connectivity index (χ2n) is 5.76. The fourth-order valence-electron chi connectivity index (χ4n) is 2.88. The number of hydrogen-bond acceptors (Lipinski definition) is 5. The van der Waals surface area contributed by atoms with Crippen LogP contribution in [0.15, 0.2) is 24.5 Å². The molecular formula is C14H22N2O3. The van der Waals surface area contributed by atoms with Gasteiger partial charge in [-0.25, -0.2) is 0 Å². The van der Waals surface area contributed by atoms with E-state index in [0.717, 1.165) is 12.3 Å². The molecule has 2 N–H and O–H groups in total. The van der Waals surface area contributed by atoms with Gasteiger partial charge in [-0.2, -0.15) is 0 Å². The lowest BCUT2D eigenvalue weighted by Crippen LogP contribution is -2.37. The van der Waals surface area contributed by atoms with E-state index < -0.39 is 12.2 Å². The normalized spacial score (nSPS) is 30.8. The van der Waals surface area contributed by atoms with E-state index in [1.807, 2.05) is 26.2 Å². The Labute approximate surface area is 113 Å². The first-order valence-corrected chi connectivity index (χ1v) is 6.54. The highest BCUT2D eigenvalue weighted by atomic mass is 16.5. The zero-order chi connectivity index (χ0) is 13.9. The third-order valence-electron chi connectivity index (χ3n) is 3.56. The van der Waals surface area contributed by atoms with Gasteiger partial charge in [-0.05, 0) is 39.1 Å². The van der Waals surface area contributed by atoms with Crippen LogP contribution in [0.1, 0.15) is 12.8 Å². The predicted octanol–water partition coefficient (Wildman–Crippen LogP) is 0.524. The minimum atomic E-state index is -0.655. The maximum absolute atomic E-state index is 9.81. The molecule has 0 aromatic carbocycles. The number of pyridine rings is 1. The smallest absolute Gasteiger partial charge is 0.137 e. The SMILES string of the molecule is CN(C)CC1(COc2cccnc2)C[C@@H](O)[C@@H](O)C1. The third kappa shape index (κ3) is 3.65. The number of aromatic nitrogens is 1. The molecule has 1 aliphatic rings. The van der Waals surface area contributed by atoms with Crippen molar-refractivity contribution < 1.29 is 14.9 Å². The summed E-state index contributed by atoms with van der Waals surface area (Å²) in [7, 11) is 3.98. The standard InChI is InChI=1S/C14H22N2O3/c1-16(2)9-14(6-12(17)13(18)7-14)10-19-11-4-3-5-15-8-11/h3-5,8,12-13,17-18H,6-7,9-10H2,1-2H3/t12-,13+,14?. The van der Waals surface area contributed by atoms with Crippen LogP contribution in [-0.2, 0) is 0 Å². The fourth-order valence-corrected chi connectivity index (χ4v) is 2.88. The van der Waals surface area contributed by atoms with Crippen LogP contribution in [-0.4, -0.2) is 59.6 Å². The van der Waals surface area contributed by atoms with Gasteiger partial charge in [0.1, 0.15) is 5.75 Å². The molecule has 0 bridgehead atoms. The molecule has 1 heterocycles. The van der Waals surface area contributed by atoms with Crippen molar-refractivity contribution in [3.63, 3.8) is 0 Å². The minimum Gasteiger partial charge on any atom is -0.491 e. The summed E-state index contributed by atoms with van der Waals surface area (Å²) in [6.07, 6.45) is 3.19. The third-order valence-corrected chi connectivity index (χ3v) is 3.56. The Morgan fingerprint density at radius 1 is 1.37 bits per heavy atom. The summed E-state index contributed by atoms with van der Waals surface area (Å²) in [6, 6.07) is 3.68. The molecule has 19 heavy (non-hydrogen) atoms. The van der Waals surface area contributed by atoms with E-state index in [1.54, 1.807) is 12.4 Å². The van der Waals surface area contributed by atoms with Gasteiger partial charge in [0.25, 0.3) is 0 Å². The van der Waals surface area contributed by atoms with Crippen molar-refractivity contribution in [3.05, 3.63) is 24.5 Å². The summed E-state index contributed by atoms with van der Waals surface area (Å²) >= 11 is 0. The average molecular weight is 266 g/mol. The van der Waals surface area contributed by atoms with E-state index in [0.29, 0.717) is 19.4 Å². The lowest BCUT2D eigenvalue weighted by Gasteiger charge is -2.31. The van der Waals surface area contributed by atoms with E-state index in [4.69, 9.17) is 4.74 Å². The van der Waals surface area contributed by atoms with Gasteiger partial charge in [0.2, 0.25) is 0 Å². The lowest BCUT2D eigenvalue weighted by atomic mass is 9.86. The van der Waals surface area contributed by atoms with Gasteiger partial charge >= 0.3 is 0 Å². The van der Waals surface area contributed by atoms with Crippen molar-refractivity contribution in [2.75, 3.05) is 27.2 Å². The summed E-state index contributed by atoms with van der Waals surface area (Å²) in [6.45, 7) is 1.26. The molecule has 0 saturated heterocycles. The van der Waals surface area contributed by atoms with E-state index in [1.165, 1.54) is 0 Å². The zero-order valence-corrected chi connectivity index (χ0v) is 11.5.